The molecule has 2 heteroatoms. The number of rotatable bonds is 0. The Morgan fingerprint density at radius 1 is 1.83 bits per heavy atom. The summed E-state index contributed by atoms with van der Waals surface area (Å²) < 4.78 is 0. The van der Waals surface area contributed by atoms with Gasteiger partial charge in [0.1, 0.15) is 0 Å². The molecule has 1 aliphatic heterocycles. The van der Waals surface area contributed by atoms with Crippen LogP contribution in [0.4, 0.5) is 0 Å². The molecule has 0 unspecified atom stereocenters. The summed E-state index contributed by atoms with van der Waals surface area (Å²) in [6.07, 6.45) is 1.75. The first-order valence-corrected chi connectivity index (χ1v) is 1.97. The Morgan fingerprint density at radius 3 is 2.83 bits per heavy atom. The lowest BCUT2D eigenvalue weighted by Crippen LogP contribution is -2.08. The van der Waals surface area contributed by atoms with Gasteiger partial charge in [0.2, 0.25) is 0 Å². The summed E-state index contributed by atoms with van der Waals surface area (Å²) in [5, 5.41) is 0. The molecule has 0 amide bonds. The lowest BCUT2D eigenvalue weighted by Gasteiger charge is -1.99. The highest BCUT2D eigenvalue weighted by Gasteiger charge is 1.94. The summed E-state index contributed by atoms with van der Waals surface area (Å²) in [6, 6.07) is 0. The summed E-state index contributed by atoms with van der Waals surface area (Å²) in [5.41, 5.74) is 0. The van der Waals surface area contributed by atoms with Gasteiger partial charge in [-0.3, -0.25) is 4.99 Å². The third kappa shape index (κ3) is 0.506. The molecule has 0 atom stereocenters. The van der Waals surface area contributed by atoms with Gasteiger partial charge in [-0.2, -0.15) is 0 Å². The number of hydrogen-bond acceptors (Lipinski definition) is 2. The zero-order valence-electron chi connectivity index (χ0n) is 3.59. The molecule has 0 saturated heterocycles. The van der Waals surface area contributed by atoms with Crippen LogP contribution in [0.15, 0.2) is 4.99 Å². The molecule has 0 bridgehead atoms. The van der Waals surface area contributed by atoms with Crippen molar-refractivity contribution < 1.29 is 0 Å². The van der Waals surface area contributed by atoms with E-state index in [1.807, 2.05) is 4.90 Å². The van der Waals surface area contributed by atoms with Gasteiger partial charge in [0, 0.05) is 13.6 Å². The summed E-state index contributed by atoms with van der Waals surface area (Å²) >= 11 is 0. The first-order chi connectivity index (χ1) is 2.89. The summed E-state index contributed by atoms with van der Waals surface area (Å²) in [6.45, 7) is 1.91. The second-order valence-electron chi connectivity index (χ2n) is 1.33. The van der Waals surface area contributed by atoms with Gasteiger partial charge in [0.05, 0.1) is 12.9 Å². The first kappa shape index (κ1) is 3.65. The molecule has 33 valence electrons. The highest BCUT2D eigenvalue weighted by Crippen LogP contribution is 1.86. The second kappa shape index (κ2) is 1.29. The van der Waals surface area contributed by atoms with Crippen LogP contribution in [-0.4, -0.2) is 24.3 Å². The van der Waals surface area contributed by atoms with Crippen molar-refractivity contribution in [2.45, 2.75) is 0 Å². The summed E-state index contributed by atoms with van der Waals surface area (Å²) in [5.74, 6) is 0. The molecule has 2 nitrogen and oxygen atoms in total. The van der Waals surface area contributed by atoms with Gasteiger partial charge in [-0.1, -0.05) is 0 Å². The van der Waals surface area contributed by atoms with E-state index in [9.17, 15) is 0 Å². The van der Waals surface area contributed by atoms with E-state index in [4.69, 9.17) is 0 Å². The van der Waals surface area contributed by atoms with Crippen LogP contribution in [0.1, 0.15) is 0 Å². The van der Waals surface area contributed by atoms with Gasteiger partial charge in [0.15, 0.2) is 0 Å². The fourth-order valence-electron chi connectivity index (χ4n) is 0.417. The fraction of sp³-hybridized carbons (Fsp3) is 0.500. The Balaban J connectivity index is 2.38. The van der Waals surface area contributed by atoms with E-state index in [0.29, 0.717) is 0 Å². The largest absolute Gasteiger partial charge is 0.359 e. The molecule has 0 fully saturated rings. The summed E-state index contributed by atoms with van der Waals surface area (Å²) in [7, 11) is 3.62. The molecule has 1 heterocycles. The molecule has 0 aromatic carbocycles. The Kier molecular flexibility index (Phi) is 0.783. The molecule has 0 aliphatic carbocycles. The van der Waals surface area contributed by atoms with Crippen molar-refractivity contribution in [1.29, 1.82) is 0 Å². The molecule has 1 radical (unpaired) electrons. The van der Waals surface area contributed by atoms with Crippen molar-refractivity contribution in [3.05, 3.63) is 7.05 Å². The topological polar surface area (TPSA) is 15.6 Å². The number of hydrogen-bond donors (Lipinski definition) is 0. The van der Waals surface area contributed by atoms with Gasteiger partial charge in [-0.15, -0.1) is 0 Å². The zero-order valence-corrected chi connectivity index (χ0v) is 3.59. The average Bonchev–Trinajstić information content (AvgIpc) is 1.86. The predicted octanol–water partition coefficient (Wildman–Crippen LogP) is 0.122. The van der Waals surface area contributed by atoms with Gasteiger partial charge < -0.3 is 4.90 Å². The van der Waals surface area contributed by atoms with Crippen LogP contribution in [0.2, 0.25) is 0 Å². The maximum Gasteiger partial charge on any atom is 0.0851 e. The Bertz CT molecular complexity index is 67.9. The molecule has 0 spiro atoms. The Morgan fingerprint density at radius 2 is 2.67 bits per heavy atom. The standard InChI is InChI=1S/C4H7N2/c1-6-3-2-5-4-6/h4H,1-3H2. The van der Waals surface area contributed by atoms with Gasteiger partial charge in [-0.05, 0) is 0 Å². The van der Waals surface area contributed by atoms with Crippen molar-refractivity contribution >= 4 is 6.34 Å². The van der Waals surface area contributed by atoms with Crippen LogP contribution in [0.3, 0.4) is 0 Å². The van der Waals surface area contributed by atoms with Gasteiger partial charge in [0.25, 0.3) is 0 Å². The molecule has 0 N–H and O–H groups in total. The minimum absolute atomic E-state index is 0.920. The second-order valence-corrected chi connectivity index (χ2v) is 1.33. The Labute approximate surface area is 37.5 Å². The molecular weight excluding hydrogens is 76.1 g/mol. The predicted molar refractivity (Wildman–Crippen MR) is 25.4 cm³/mol. The van der Waals surface area contributed by atoms with E-state index in [2.05, 4.69) is 12.0 Å². The smallest absolute Gasteiger partial charge is 0.0851 e. The van der Waals surface area contributed by atoms with Gasteiger partial charge >= 0.3 is 0 Å². The normalized spacial score (nSPS) is 19.8. The molecule has 0 aromatic rings. The van der Waals surface area contributed by atoms with Crippen LogP contribution in [0.25, 0.3) is 0 Å². The van der Waals surface area contributed by atoms with Crippen LogP contribution < -0.4 is 0 Å². The highest BCUT2D eigenvalue weighted by atomic mass is 15.2. The monoisotopic (exact) mass is 83.1 g/mol. The van der Waals surface area contributed by atoms with E-state index < -0.39 is 0 Å². The van der Waals surface area contributed by atoms with Crippen molar-refractivity contribution in [2.24, 2.45) is 4.99 Å². The van der Waals surface area contributed by atoms with Crippen LogP contribution in [0.5, 0.6) is 0 Å². The Hall–Kier alpha value is -0.530. The van der Waals surface area contributed by atoms with E-state index >= 15 is 0 Å². The minimum atomic E-state index is 0.920. The average molecular weight is 83.1 g/mol. The molecule has 6 heavy (non-hydrogen) atoms. The maximum atomic E-state index is 3.90. The van der Waals surface area contributed by atoms with Gasteiger partial charge in [-0.25, -0.2) is 0 Å². The molecule has 0 saturated carbocycles. The molecular formula is C4H7N2. The minimum Gasteiger partial charge on any atom is -0.359 e. The van der Waals surface area contributed by atoms with Crippen molar-refractivity contribution in [3.63, 3.8) is 0 Å². The summed E-state index contributed by atoms with van der Waals surface area (Å²) in [4.78, 5) is 5.72. The van der Waals surface area contributed by atoms with E-state index in [1.165, 1.54) is 0 Å². The third-order valence-electron chi connectivity index (χ3n) is 0.761. The maximum absolute atomic E-state index is 3.90. The quantitative estimate of drug-likeness (QED) is 0.406. The van der Waals surface area contributed by atoms with E-state index in [1.54, 1.807) is 6.34 Å². The molecule has 0 aromatic heterocycles. The highest BCUT2D eigenvalue weighted by molar-refractivity contribution is 5.57. The van der Waals surface area contributed by atoms with Crippen LogP contribution >= 0.6 is 0 Å². The number of aliphatic imine (C=N–C) groups is 1. The fourth-order valence-corrected chi connectivity index (χ4v) is 0.417. The molecule has 1 rings (SSSR count). The van der Waals surface area contributed by atoms with Crippen LogP contribution in [-0.2, 0) is 0 Å². The van der Waals surface area contributed by atoms with Crippen molar-refractivity contribution in [3.8, 4) is 0 Å². The SMILES string of the molecule is [CH2]N1C=NCC1. The van der Waals surface area contributed by atoms with Crippen LogP contribution in [0, 0.1) is 7.05 Å². The van der Waals surface area contributed by atoms with Crippen molar-refractivity contribution in [1.82, 2.24) is 4.90 Å². The lowest BCUT2D eigenvalue weighted by atomic mass is 10.6. The van der Waals surface area contributed by atoms with E-state index in [-0.39, 0.29) is 0 Å². The van der Waals surface area contributed by atoms with Crippen molar-refractivity contribution in [2.75, 3.05) is 13.1 Å². The van der Waals surface area contributed by atoms with E-state index in [0.717, 1.165) is 13.1 Å². The zero-order chi connectivity index (χ0) is 4.41. The lowest BCUT2D eigenvalue weighted by molar-refractivity contribution is 0.618. The number of nitrogens with zero attached hydrogens (tertiary/aromatic N) is 2. The third-order valence-corrected chi connectivity index (χ3v) is 0.761. The molecule has 1 aliphatic rings. The first-order valence-electron chi connectivity index (χ1n) is 1.97.